The highest BCUT2D eigenvalue weighted by molar-refractivity contribution is 6.18. The monoisotopic (exact) mass is 271 g/mol. The zero-order chi connectivity index (χ0) is 11.7. The summed E-state index contributed by atoms with van der Waals surface area (Å²) in [4.78, 5) is 0. The van der Waals surface area contributed by atoms with Gasteiger partial charge in [0.05, 0.1) is 25.5 Å². The van der Waals surface area contributed by atoms with Gasteiger partial charge in [0, 0.05) is 0 Å². The molecule has 4 heteroatoms. The maximum atomic E-state index is 9.66. The average molecular weight is 272 g/mol. The van der Waals surface area contributed by atoms with Gasteiger partial charge in [0.25, 0.3) is 0 Å². The molecule has 16 heavy (non-hydrogen) atoms. The number of quaternary nitrogens is 1. The van der Waals surface area contributed by atoms with Crippen LogP contribution in [0.4, 0.5) is 0 Å². The second-order valence-electron chi connectivity index (χ2n) is 4.40. The summed E-state index contributed by atoms with van der Waals surface area (Å²) in [6.07, 6.45) is 3.45. The third-order valence-electron chi connectivity index (χ3n) is 3.35. The molecule has 0 saturated heterocycles. The molecule has 1 unspecified atom stereocenters. The van der Waals surface area contributed by atoms with Gasteiger partial charge in [-0.1, -0.05) is 13.3 Å². The van der Waals surface area contributed by atoms with Gasteiger partial charge < -0.3 is 22.0 Å². The van der Waals surface area contributed by atoms with E-state index >= 15 is 0 Å². The van der Waals surface area contributed by atoms with E-state index in [4.69, 9.17) is 11.6 Å². The van der Waals surface area contributed by atoms with E-state index in [0.29, 0.717) is 5.88 Å². The van der Waals surface area contributed by atoms with E-state index in [1.54, 1.807) is 0 Å². The third kappa shape index (κ3) is 6.95. The molecule has 0 bridgehead atoms. The van der Waals surface area contributed by atoms with Crippen LogP contribution in [0, 0.1) is 0 Å². The van der Waals surface area contributed by atoms with Crippen LogP contribution < -0.4 is 12.4 Å². The van der Waals surface area contributed by atoms with E-state index in [0.717, 1.165) is 24.1 Å². The number of aliphatic hydroxyl groups excluding tert-OH is 1. The lowest BCUT2D eigenvalue weighted by Gasteiger charge is -2.38. The van der Waals surface area contributed by atoms with Crippen LogP contribution in [-0.4, -0.2) is 47.8 Å². The lowest BCUT2D eigenvalue weighted by molar-refractivity contribution is -0.927. The molecule has 0 aromatic carbocycles. The Hall–Kier alpha value is 0.500. The molecular weight excluding hydrogens is 245 g/mol. The molecule has 0 aromatic heterocycles. The Morgan fingerprint density at radius 2 is 1.69 bits per heavy atom. The van der Waals surface area contributed by atoms with Gasteiger partial charge in [-0.05, 0) is 26.7 Å². The largest absolute Gasteiger partial charge is 1.00 e. The number of likely N-dealkylation sites (N-methyl/N-ethyl adjacent to an activating group) is 1. The molecule has 0 spiro atoms. The number of nitrogens with zero attached hydrogens (tertiary/aromatic N) is 1. The van der Waals surface area contributed by atoms with Crippen molar-refractivity contribution in [3.8, 4) is 0 Å². The van der Waals surface area contributed by atoms with Crippen molar-refractivity contribution in [2.45, 2.75) is 46.1 Å². The van der Waals surface area contributed by atoms with Crippen LogP contribution >= 0.6 is 11.6 Å². The highest BCUT2D eigenvalue weighted by Crippen LogP contribution is 2.12. The van der Waals surface area contributed by atoms with Crippen molar-refractivity contribution in [3.63, 3.8) is 0 Å². The molecular formula is C12H27Cl2NO. The Kier molecular flexibility index (Phi) is 12.5. The van der Waals surface area contributed by atoms with Gasteiger partial charge in [0.15, 0.2) is 0 Å². The molecule has 0 aromatic rings. The van der Waals surface area contributed by atoms with E-state index < -0.39 is 0 Å². The van der Waals surface area contributed by atoms with Crippen molar-refractivity contribution in [1.29, 1.82) is 0 Å². The van der Waals surface area contributed by atoms with Gasteiger partial charge >= 0.3 is 0 Å². The molecule has 1 N–H and O–H groups in total. The van der Waals surface area contributed by atoms with Gasteiger partial charge in [0.2, 0.25) is 0 Å². The standard InChI is InChI=1S/C12H27ClNO.ClH/c1-4-7-8-9-14(5-2,6-3)11-12(15)10-13;/h12,15H,4-11H2,1-3H3;1H/q+1;/p-1. The van der Waals surface area contributed by atoms with Crippen molar-refractivity contribution >= 4 is 11.6 Å². The van der Waals surface area contributed by atoms with Crippen LogP contribution in [0.3, 0.4) is 0 Å². The minimum atomic E-state index is -0.354. The number of rotatable bonds is 9. The van der Waals surface area contributed by atoms with Crippen molar-refractivity contribution in [2.24, 2.45) is 0 Å². The molecule has 0 aliphatic rings. The quantitative estimate of drug-likeness (QED) is 0.345. The van der Waals surface area contributed by atoms with Crippen LogP contribution in [0.1, 0.15) is 40.0 Å². The first-order valence-electron chi connectivity index (χ1n) is 6.23. The van der Waals surface area contributed by atoms with E-state index in [1.165, 1.54) is 25.8 Å². The van der Waals surface area contributed by atoms with E-state index in [2.05, 4.69) is 20.8 Å². The van der Waals surface area contributed by atoms with Crippen LogP contribution in [0.25, 0.3) is 0 Å². The first-order valence-corrected chi connectivity index (χ1v) is 6.76. The summed E-state index contributed by atoms with van der Waals surface area (Å²) < 4.78 is 1.01. The molecule has 0 amide bonds. The molecule has 0 aliphatic carbocycles. The van der Waals surface area contributed by atoms with Crippen LogP contribution in [0.5, 0.6) is 0 Å². The summed E-state index contributed by atoms with van der Waals surface area (Å²) >= 11 is 5.67. The molecule has 0 fully saturated rings. The predicted octanol–water partition coefficient (Wildman–Crippen LogP) is -0.363. The molecule has 100 valence electrons. The summed E-state index contributed by atoms with van der Waals surface area (Å²) in [5, 5.41) is 9.66. The maximum Gasteiger partial charge on any atom is 0.116 e. The van der Waals surface area contributed by atoms with Crippen LogP contribution in [0.15, 0.2) is 0 Å². The topological polar surface area (TPSA) is 20.2 Å². The Labute approximate surface area is 112 Å². The highest BCUT2D eigenvalue weighted by Gasteiger charge is 2.25. The van der Waals surface area contributed by atoms with Gasteiger partial charge in [-0.3, -0.25) is 0 Å². The second-order valence-corrected chi connectivity index (χ2v) is 4.70. The number of unbranched alkanes of at least 4 members (excludes halogenated alkanes) is 2. The Morgan fingerprint density at radius 1 is 1.12 bits per heavy atom. The van der Waals surface area contributed by atoms with Crippen LogP contribution in [0.2, 0.25) is 0 Å². The summed E-state index contributed by atoms with van der Waals surface area (Å²) in [6, 6.07) is 0. The SMILES string of the molecule is CCCCC[N+](CC)(CC)CC(O)CCl.[Cl-]. The van der Waals surface area contributed by atoms with Crippen molar-refractivity contribution in [2.75, 3.05) is 32.1 Å². The summed E-state index contributed by atoms with van der Waals surface area (Å²) in [5.41, 5.74) is 0. The average Bonchev–Trinajstić information content (AvgIpc) is 2.27. The van der Waals surface area contributed by atoms with E-state index in [9.17, 15) is 5.11 Å². The van der Waals surface area contributed by atoms with E-state index in [-0.39, 0.29) is 18.5 Å². The molecule has 0 saturated carbocycles. The number of hydrogen-bond acceptors (Lipinski definition) is 1. The minimum absolute atomic E-state index is 0. The molecule has 0 heterocycles. The number of hydrogen-bond donors (Lipinski definition) is 1. The molecule has 0 rings (SSSR count). The van der Waals surface area contributed by atoms with Gasteiger partial charge in [-0.2, -0.15) is 0 Å². The van der Waals surface area contributed by atoms with Crippen molar-refractivity contribution in [3.05, 3.63) is 0 Å². The second kappa shape index (κ2) is 10.6. The van der Waals surface area contributed by atoms with Gasteiger partial charge in [0.1, 0.15) is 12.6 Å². The fraction of sp³-hybridized carbons (Fsp3) is 1.00. The first-order chi connectivity index (χ1) is 7.14. The smallest absolute Gasteiger partial charge is 0.116 e. The lowest BCUT2D eigenvalue weighted by Crippen LogP contribution is -3.00. The van der Waals surface area contributed by atoms with Crippen molar-refractivity contribution < 1.29 is 22.0 Å². The summed E-state index contributed by atoms with van der Waals surface area (Å²) in [7, 11) is 0. The summed E-state index contributed by atoms with van der Waals surface area (Å²) in [6.45, 7) is 10.8. The Morgan fingerprint density at radius 3 is 2.06 bits per heavy atom. The van der Waals surface area contributed by atoms with Crippen molar-refractivity contribution in [1.82, 2.24) is 0 Å². The third-order valence-corrected chi connectivity index (χ3v) is 3.71. The van der Waals surface area contributed by atoms with Gasteiger partial charge in [-0.25, -0.2) is 0 Å². The van der Waals surface area contributed by atoms with Crippen LogP contribution in [-0.2, 0) is 0 Å². The number of aliphatic hydroxyl groups is 1. The fourth-order valence-electron chi connectivity index (χ4n) is 2.08. The fourth-order valence-corrected chi connectivity index (χ4v) is 2.18. The zero-order valence-electron chi connectivity index (χ0n) is 10.9. The maximum absolute atomic E-state index is 9.66. The lowest BCUT2D eigenvalue weighted by atomic mass is 10.2. The highest BCUT2D eigenvalue weighted by atomic mass is 35.5. The Balaban J connectivity index is 0. The first kappa shape index (κ1) is 18.9. The molecule has 2 nitrogen and oxygen atoms in total. The number of alkyl halides is 1. The van der Waals surface area contributed by atoms with Gasteiger partial charge in [-0.15, -0.1) is 11.6 Å². The van der Waals surface area contributed by atoms with E-state index in [1.807, 2.05) is 0 Å². The minimum Gasteiger partial charge on any atom is -1.00 e. The molecule has 1 atom stereocenters. The molecule has 0 radical (unpaired) electrons. The number of halogens is 2. The Bertz CT molecular complexity index is 152. The molecule has 0 aliphatic heterocycles. The predicted molar refractivity (Wildman–Crippen MR) is 67.3 cm³/mol. The summed E-state index contributed by atoms with van der Waals surface area (Å²) in [5.74, 6) is 0.355. The zero-order valence-corrected chi connectivity index (χ0v) is 12.4. The normalized spacial score (nSPS) is 13.3.